The molecule has 0 radical (unpaired) electrons. The average molecular weight is 248 g/mol. The van der Waals surface area contributed by atoms with E-state index in [2.05, 4.69) is 43.2 Å². The molecule has 94 valence electrons. The van der Waals surface area contributed by atoms with Crippen molar-refractivity contribution in [3.63, 3.8) is 0 Å². The van der Waals surface area contributed by atoms with Crippen molar-refractivity contribution in [3.05, 3.63) is 11.7 Å². The lowest BCUT2D eigenvalue weighted by atomic mass is 9.90. The molecule has 0 aliphatic rings. The fourth-order valence-corrected chi connectivity index (χ4v) is 1.14. The summed E-state index contributed by atoms with van der Waals surface area (Å²) >= 11 is 0. The van der Waals surface area contributed by atoms with Crippen molar-refractivity contribution < 1.29 is 4.52 Å². The van der Waals surface area contributed by atoms with Gasteiger partial charge in [-0.2, -0.15) is 4.98 Å². The summed E-state index contributed by atoms with van der Waals surface area (Å²) in [4.78, 5) is 4.42. The van der Waals surface area contributed by atoms with Crippen LogP contribution in [0.3, 0.4) is 0 Å². The predicted octanol–water partition coefficient (Wildman–Crippen LogP) is 2.33. The molecule has 1 atom stereocenters. The molecule has 16 heavy (non-hydrogen) atoms. The Bertz CT molecular complexity index is 312. The molecule has 1 unspecified atom stereocenters. The van der Waals surface area contributed by atoms with Gasteiger partial charge in [-0.1, -0.05) is 25.9 Å². The molecule has 0 bridgehead atoms. The molecule has 0 aliphatic carbocycles. The fourth-order valence-electron chi connectivity index (χ4n) is 1.14. The van der Waals surface area contributed by atoms with Crippen molar-refractivity contribution in [1.29, 1.82) is 0 Å². The molecule has 5 heteroatoms. The lowest BCUT2D eigenvalue weighted by Gasteiger charge is -2.15. The molecule has 0 saturated carbocycles. The summed E-state index contributed by atoms with van der Waals surface area (Å²) in [5.74, 6) is 1.52. The normalized spacial score (nSPS) is 13.3. The largest absolute Gasteiger partial charge is 0.339 e. The topological polar surface area (TPSA) is 51.0 Å². The van der Waals surface area contributed by atoms with Crippen LogP contribution >= 0.6 is 12.4 Å². The first-order chi connectivity index (χ1) is 6.99. The number of nitrogens with one attached hydrogen (secondary N) is 1. The van der Waals surface area contributed by atoms with Gasteiger partial charge in [0.1, 0.15) is 0 Å². The molecule has 0 aromatic carbocycles. The van der Waals surface area contributed by atoms with Gasteiger partial charge in [0.15, 0.2) is 5.82 Å². The first-order valence-corrected chi connectivity index (χ1v) is 5.50. The molecular formula is C11H22ClN3O. The maximum atomic E-state index is 5.28. The Balaban J connectivity index is 0.00000225. The summed E-state index contributed by atoms with van der Waals surface area (Å²) < 4.78 is 5.28. The zero-order valence-electron chi connectivity index (χ0n) is 10.7. The highest BCUT2D eigenvalue weighted by Gasteiger charge is 2.25. The smallest absolute Gasteiger partial charge is 0.232 e. The second kappa shape index (κ2) is 6.21. The van der Waals surface area contributed by atoms with Gasteiger partial charge in [0, 0.05) is 17.9 Å². The van der Waals surface area contributed by atoms with Gasteiger partial charge in [0.05, 0.1) is 0 Å². The van der Waals surface area contributed by atoms with Gasteiger partial charge >= 0.3 is 0 Å². The Kier molecular flexibility index (Phi) is 5.97. The zero-order chi connectivity index (χ0) is 11.5. The maximum Gasteiger partial charge on any atom is 0.232 e. The van der Waals surface area contributed by atoms with Crippen molar-refractivity contribution in [2.24, 2.45) is 0 Å². The summed E-state index contributed by atoms with van der Waals surface area (Å²) in [5, 5.41) is 7.15. The summed E-state index contributed by atoms with van der Waals surface area (Å²) in [6, 6.07) is 0.375. The van der Waals surface area contributed by atoms with E-state index in [9.17, 15) is 0 Å². The average Bonchev–Trinajstić information content (AvgIpc) is 2.66. The number of hydrogen-bond acceptors (Lipinski definition) is 4. The van der Waals surface area contributed by atoms with Crippen LogP contribution in [0.5, 0.6) is 0 Å². The minimum atomic E-state index is -0.0197. The van der Waals surface area contributed by atoms with Crippen LogP contribution in [-0.4, -0.2) is 23.2 Å². The number of likely N-dealkylation sites (N-methyl/N-ethyl adjacent to an activating group) is 1. The molecule has 0 aliphatic heterocycles. The number of rotatable bonds is 5. The quantitative estimate of drug-likeness (QED) is 0.868. The van der Waals surface area contributed by atoms with Crippen molar-refractivity contribution in [3.8, 4) is 0 Å². The zero-order valence-corrected chi connectivity index (χ0v) is 11.5. The van der Waals surface area contributed by atoms with Gasteiger partial charge in [-0.25, -0.2) is 0 Å². The summed E-state index contributed by atoms with van der Waals surface area (Å²) in [5.41, 5.74) is -0.0197. The lowest BCUT2D eigenvalue weighted by molar-refractivity contribution is 0.299. The fraction of sp³-hybridized carbons (Fsp3) is 0.818. The second-order valence-electron chi connectivity index (χ2n) is 4.65. The van der Waals surface area contributed by atoms with Crippen LogP contribution in [0, 0.1) is 0 Å². The van der Waals surface area contributed by atoms with E-state index in [-0.39, 0.29) is 17.8 Å². The number of aromatic nitrogens is 2. The van der Waals surface area contributed by atoms with Gasteiger partial charge in [-0.15, -0.1) is 12.4 Å². The van der Waals surface area contributed by atoms with Crippen molar-refractivity contribution in [1.82, 2.24) is 15.5 Å². The highest BCUT2D eigenvalue weighted by atomic mass is 35.5. The van der Waals surface area contributed by atoms with Crippen LogP contribution in [0.25, 0.3) is 0 Å². The maximum absolute atomic E-state index is 5.28. The molecule has 1 rings (SSSR count). The number of halogens is 1. The van der Waals surface area contributed by atoms with Crippen LogP contribution in [0.4, 0.5) is 0 Å². The molecular weight excluding hydrogens is 226 g/mol. The van der Waals surface area contributed by atoms with Crippen LogP contribution in [0.15, 0.2) is 4.52 Å². The number of nitrogens with zero attached hydrogens (tertiary/aromatic N) is 2. The first-order valence-electron chi connectivity index (χ1n) is 5.50. The van der Waals surface area contributed by atoms with Crippen LogP contribution in [-0.2, 0) is 11.8 Å². The first kappa shape index (κ1) is 15.4. The van der Waals surface area contributed by atoms with Gasteiger partial charge in [-0.3, -0.25) is 0 Å². The molecule has 4 nitrogen and oxygen atoms in total. The standard InChI is InChI=1S/C11H21N3O.ClH/c1-6-11(3,4)10-13-9(14-15-10)7-8(2)12-5;/h8,12H,6-7H2,1-5H3;1H. The minimum absolute atomic E-state index is 0. The van der Waals surface area contributed by atoms with Gasteiger partial charge in [0.2, 0.25) is 5.89 Å². The van der Waals surface area contributed by atoms with E-state index < -0.39 is 0 Å². The lowest BCUT2D eigenvalue weighted by Crippen LogP contribution is -2.24. The second-order valence-corrected chi connectivity index (χ2v) is 4.65. The van der Waals surface area contributed by atoms with Crippen molar-refractivity contribution in [2.45, 2.75) is 52.0 Å². The van der Waals surface area contributed by atoms with E-state index >= 15 is 0 Å². The third-order valence-electron chi connectivity index (χ3n) is 2.91. The molecule has 0 saturated heterocycles. The van der Waals surface area contributed by atoms with Gasteiger partial charge < -0.3 is 9.84 Å². The van der Waals surface area contributed by atoms with E-state index in [0.717, 1.165) is 24.6 Å². The van der Waals surface area contributed by atoms with Gasteiger partial charge in [0.25, 0.3) is 0 Å². The third-order valence-corrected chi connectivity index (χ3v) is 2.91. The predicted molar refractivity (Wildman–Crippen MR) is 67.1 cm³/mol. The van der Waals surface area contributed by atoms with Crippen LogP contribution in [0.2, 0.25) is 0 Å². The van der Waals surface area contributed by atoms with E-state index in [1.807, 2.05) is 7.05 Å². The van der Waals surface area contributed by atoms with Gasteiger partial charge in [-0.05, 0) is 20.4 Å². The highest BCUT2D eigenvalue weighted by molar-refractivity contribution is 5.85. The minimum Gasteiger partial charge on any atom is -0.339 e. The molecule has 1 aromatic heterocycles. The molecule has 1 aromatic rings. The van der Waals surface area contributed by atoms with E-state index in [1.54, 1.807) is 0 Å². The summed E-state index contributed by atoms with van der Waals surface area (Å²) in [6.45, 7) is 8.46. The summed E-state index contributed by atoms with van der Waals surface area (Å²) in [6.07, 6.45) is 1.80. The van der Waals surface area contributed by atoms with E-state index in [0.29, 0.717) is 6.04 Å². The molecule has 0 spiro atoms. The summed E-state index contributed by atoms with van der Waals surface area (Å²) in [7, 11) is 1.93. The Morgan fingerprint density at radius 3 is 2.56 bits per heavy atom. The molecule has 1 heterocycles. The Labute approximate surface area is 104 Å². The SMILES string of the molecule is CCC(C)(C)c1nc(CC(C)NC)no1.Cl. The van der Waals surface area contributed by atoms with E-state index in [4.69, 9.17) is 4.52 Å². The highest BCUT2D eigenvalue weighted by Crippen LogP contribution is 2.24. The molecule has 0 fully saturated rings. The molecule has 0 amide bonds. The Hall–Kier alpha value is -0.610. The van der Waals surface area contributed by atoms with Crippen LogP contribution in [0.1, 0.15) is 45.8 Å². The Morgan fingerprint density at radius 2 is 2.06 bits per heavy atom. The Morgan fingerprint density at radius 1 is 1.44 bits per heavy atom. The monoisotopic (exact) mass is 247 g/mol. The van der Waals surface area contributed by atoms with Crippen molar-refractivity contribution in [2.75, 3.05) is 7.05 Å². The van der Waals surface area contributed by atoms with Crippen molar-refractivity contribution >= 4 is 12.4 Å². The molecule has 1 N–H and O–H groups in total. The third kappa shape index (κ3) is 3.76. The van der Waals surface area contributed by atoms with Crippen LogP contribution < -0.4 is 5.32 Å². The van der Waals surface area contributed by atoms with E-state index in [1.165, 1.54) is 0 Å². The number of hydrogen-bond donors (Lipinski definition) is 1.